The third-order valence-electron chi connectivity index (χ3n) is 6.04. The first-order valence-corrected chi connectivity index (χ1v) is 10.7. The van der Waals surface area contributed by atoms with Crippen molar-refractivity contribution in [3.8, 4) is 11.3 Å². The third-order valence-corrected chi connectivity index (χ3v) is 6.04. The fraction of sp³-hybridized carbons (Fsp3) is 0.435. The summed E-state index contributed by atoms with van der Waals surface area (Å²) in [5.74, 6) is 0.930. The van der Waals surface area contributed by atoms with E-state index in [0.717, 1.165) is 48.1 Å². The number of nitrogens with one attached hydrogen (secondary N) is 2. The van der Waals surface area contributed by atoms with Gasteiger partial charge in [0.15, 0.2) is 0 Å². The van der Waals surface area contributed by atoms with Crippen LogP contribution in [0.2, 0.25) is 0 Å². The van der Waals surface area contributed by atoms with E-state index in [1.807, 2.05) is 24.1 Å². The van der Waals surface area contributed by atoms with Crippen LogP contribution in [0.25, 0.3) is 27.1 Å². The Morgan fingerprint density at radius 1 is 1.38 bits per heavy atom. The Bertz CT molecular complexity index is 1160. The molecule has 1 aliphatic heterocycles. The van der Waals surface area contributed by atoms with Crippen molar-refractivity contribution in [2.75, 3.05) is 32.1 Å². The molecule has 2 N–H and O–H groups in total. The quantitative estimate of drug-likeness (QED) is 0.577. The number of likely N-dealkylation sites (tertiary alicyclic amines) is 1. The lowest BCUT2D eigenvalue weighted by atomic mass is 9.90. The summed E-state index contributed by atoms with van der Waals surface area (Å²) in [6.45, 7) is 13.2. The minimum atomic E-state index is 0.0396. The van der Waals surface area contributed by atoms with E-state index < -0.39 is 0 Å². The Balaban J connectivity index is 1.51. The third kappa shape index (κ3) is 4.41. The van der Waals surface area contributed by atoms with Crippen LogP contribution in [0.1, 0.15) is 25.3 Å². The first-order chi connectivity index (χ1) is 15.5. The number of hydrogen-bond donors (Lipinski definition) is 2. The standard InChI is InChI=1S/C23H27N7O2/c1-14-9-17-18(11-26-22(17)25-10-14)21-19(24-3)12-27-23(29-21)28-15(2)16-5-7-30(8-6-16)20(31)13-32-4/h9-12,15-16H,5-8,13H2,1-2,4H3,(H,25,26)(H,27,28,29). The summed E-state index contributed by atoms with van der Waals surface area (Å²) in [6, 6.07) is 2.17. The van der Waals surface area contributed by atoms with Gasteiger partial charge in [-0.05, 0) is 44.2 Å². The highest BCUT2D eigenvalue weighted by atomic mass is 16.5. The van der Waals surface area contributed by atoms with Crippen molar-refractivity contribution in [2.24, 2.45) is 5.92 Å². The van der Waals surface area contributed by atoms with Gasteiger partial charge >= 0.3 is 0 Å². The molecule has 1 atom stereocenters. The molecular formula is C23H27N7O2. The van der Waals surface area contributed by atoms with Crippen molar-refractivity contribution in [1.82, 2.24) is 24.8 Å². The van der Waals surface area contributed by atoms with Crippen molar-refractivity contribution >= 4 is 28.6 Å². The number of ether oxygens (including phenoxy) is 1. The molecule has 0 spiro atoms. The molecule has 1 aliphatic rings. The van der Waals surface area contributed by atoms with Gasteiger partial charge in [0.25, 0.3) is 0 Å². The number of fused-ring (bicyclic) bond motifs is 1. The summed E-state index contributed by atoms with van der Waals surface area (Å²) in [6.07, 6.45) is 7.03. The summed E-state index contributed by atoms with van der Waals surface area (Å²) in [5.41, 5.74) is 3.63. The molecule has 0 aliphatic carbocycles. The molecule has 166 valence electrons. The number of aromatic amines is 1. The molecule has 9 nitrogen and oxygen atoms in total. The average molecular weight is 434 g/mol. The number of carbonyl (C=O) groups is 1. The fourth-order valence-corrected chi connectivity index (χ4v) is 4.21. The van der Waals surface area contributed by atoms with Crippen LogP contribution in [-0.4, -0.2) is 63.6 Å². The van der Waals surface area contributed by atoms with Crippen LogP contribution >= 0.6 is 0 Å². The zero-order valence-electron chi connectivity index (χ0n) is 18.6. The maximum Gasteiger partial charge on any atom is 0.248 e. The summed E-state index contributed by atoms with van der Waals surface area (Å²) in [7, 11) is 1.54. The zero-order chi connectivity index (χ0) is 22.7. The molecule has 4 rings (SSSR count). The highest BCUT2D eigenvalue weighted by Crippen LogP contribution is 2.34. The van der Waals surface area contributed by atoms with Crippen LogP contribution in [0.3, 0.4) is 0 Å². The molecule has 3 aromatic rings. The molecule has 0 aromatic carbocycles. The van der Waals surface area contributed by atoms with Crippen molar-refractivity contribution < 1.29 is 9.53 Å². The normalized spacial score (nSPS) is 15.5. The number of rotatable bonds is 6. The number of anilines is 1. The Hall–Kier alpha value is -3.51. The highest BCUT2D eigenvalue weighted by molar-refractivity contribution is 5.96. The van der Waals surface area contributed by atoms with Gasteiger partial charge in [0.2, 0.25) is 17.5 Å². The fourth-order valence-electron chi connectivity index (χ4n) is 4.21. The van der Waals surface area contributed by atoms with E-state index >= 15 is 0 Å². The van der Waals surface area contributed by atoms with Gasteiger partial charge in [-0.1, -0.05) is 0 Å². The molecule has 3 aromatic heterocycles. The van der Waals surface area contributed by atoms with Gasteiger partial charge in [0.05, 0.1) is 12.3 Å². The second-order valence-corrected chi connectivity index (χ2v) is 8.23. The predicted octanol–water partition coefficient (Wildman–Crippen LogP) is 3.56. The molecule has 1 unspecified atom stereocenters. The van der Waals surface area contributed by atoms with Crippen molar-refractivity contribution in [3.05, 3.63) is 41.6 Å². The molecule has 0 bridgehead atoms. The largest absolute Gasteiger partial charge is 0.375 e. The van der Waals surface area contributed by atoms with Gasteiger partial charge in [0.1, 0.15) is 12.3 Å². The minimum Gasteiger partial charge on any atom is -0.375 e. The summed E-state index contributed by atoms with van der Waals surface area (Å²) >= 11 is 0. The second-order valence-electron chi connectivity index (χ2n) is 8.23. The van der Waals surface area contributed by atoms with E-state index in [2.05, 4.69) is 32.0 Å². The molecule has 4 heterocycles. The molecule has 1 fully saturated rings. The Morgan fingerprint density at radius 3 is 2.88 bits per heavy atom. The zero-order valence-corrected chi connectivity index (χ0v) is 18.6. The van der Waals surface area contributed by atoms with Gasteiger partial charge in [-0.25, -0.2) is 19.8 Å². The SMILES string of the molecule is [C-]#[N+]c1cnc(NC(C)C2CCN(C(=O)COC)CC2)nc1-c1c[nH]c2ncc(C)cc12. The van der Waals surface area contributed by atoms with E-state index in [9.17, 15) is 4.79 Å². The molecular weight excluding hydrogens is 406 g/mol. The molecule has 1 saturated heterocycles. The minimum absolute atomic E-state index is 0.0396. The second kappa shape index (κ2) is 9.32. The van der Waals surface area contributed by atoms with Crippen LogP contribution in [0.4, 0.5) is 11.6 Å². The Labute approximate surface area is 187 Å². The number of nitrogens with zero attached hydrogens (tertiary/aromatic N) is 5. The average Bonchev–Trinajstić information content (AvgIpc) is 3.22. The van der Waals surface area contributed by atoms with Gasteiger partial charge in [-0.15, -0.1) is 0 Å². The van der Waals surface area contributed by atoms with Crippen molar-refractivity contribution in [3.63, 3.8) is 0 Å². The van der Waals surface area contributed by atoms with Gasteiger partial charge in [-0.2, -0.15) is 0 Å². The summed E-state index contributed by atoms with van der Waals surface area (Å²) < 4.78 is 4.96. The van der Waals surface area contributed by atoms with Crippen LogP contribution in [0, 0.1) is 19.4 Å². The highest BCUT2D eigenvalue weighted by Gasteiger charge is 2.27. The van der Waals surface area contributed by atoms with E-state index in [-0.39, 0.29) is 18.6 Å². The lowest BCUT2D eigenvalue weighted by Gasteiger charge is -2.35. The smallest absolute Gasteiger partial charge is 0.248 e. The van der Waals surface area contributed by atoms with Crippen molar-refractivity contribution in [2.45, 2.75) is 32.7 Å². The number of pyridine rings is 1. The first-order valence-electron chi connectivity index (χ1n) is 10.7. The van der Waals surface area contributed by atoms with Crippen LogP contribution in [0.5, 0.6) is 0 Å². The Kier molecular flexibility index (Phi) is 6.32. The summed E-state index contributed by atoms with van der Waals surface area (Å²) in [4.78, 5) is 34.2. The maximum absolute atomic E-state index is 12.0. The van der Waals surface area contributed by atoms with E-state index in [1.54, 1.807) is 12.4 Å². The summed E-state index contributed by atoms with van der Waals surface area (Å²) in [5, 5.41) is 4.35. The van der Waals surface area contributed by atoms with Gasteiger partial charge < -0.3 is 19.9 Å². The van der Waals surface area contributed by atoms with Crippen molar-refractivity contribution in [1.29, 1.82) is 0 Å². The molecule has 9 heteroatoms. The molecule has 1 amide bonds. The monoisotopic (exact) mass is 433 g/mol. The number of methoxy groups -OCH3 is 1. The molecule has 32 heavy (non-hydrogen) atoms. The molecule has 0 saturated carbocycles. The van der Waals surface area contributed by atoms with Gasteiger partial charge in [-0.3, -0.25) is 4.79 Å². The molecule has 0 radical (unpaired) electrons. The number of amides is 1. The number of H-pyrrole nitrogens is 1. The van der Waals surface area contributed by atoms with E-state index in [0.29, 0.717) is 23.2 Å². The lowest BCUT2D eigenvalue weighted by Crippen LogP contribution is -2.43. The van der Waals surface area contributed by atoms with Gasteiger partial charge in [0, 0.05) is 55.8 Å². The number of hydrogen-bond acceptors (Lipinski definition) is 6. The first kappa shape index (κ1) is 21.7. The van der Waals surface area contributed by atoms with Crippen LogP contribution in [-0.2, 0) is 9.53 Å². The van der Waals surface area contributed by atoms with E-state index in [4.69, 9.17) is 16.3 Å². The maximum atomic E-state index is 12.0. The van der Waals surface area contributed by atoms with E-state index in [1.165, 1.54) is 7.11 Å². The lowest BCUT2D eigenvalue weighted by molar-refractivity contribution is -0.136. The topological polar surface area (TPSA) is 100 Å². The number of piperidine rings is 1. The number of aryl methyl sites for hydroxylation is 1. The van der Waals surface area contributed by atoms with Crippen LogP contribution < -0.4 is 5.32 Å². The number of carbonyl (C=O) groups excluding carboxylic acids is 1. The number of aromatic nitrogens is 4. The predicted molar refractivity (Wildman–Crippen MR) is 122 cm³/mol. The van der Waals surface area contributed by atoms with Crippen LogP contribution in [0.15, 0.2) is 24.7 Å². The Morgan fingerprint density at radius 2 is 2.16 bits per heavy atom.